The monoisotopic (exact) mass is 1550 g/mol. The zero-order valence-electron chi connectivity index (χ0n) is 62.9. The highest BCUT2D eigenvalue weighted by Crippen LogP contribution is 2.36. The molecule has 0 bridgehead atoms. The molecule has 4 atom stereocenters. The van der Waals surface area contributed by atoms with Crippen LogP contribution in [0.1, 0.15) is 86.1 Å². The Morgan fingerprint density at radius 2 is 0.918 bits per heavy atom. The Morgan fingerprint density at radius 1 is 0.527 bits per heavy atom. The molecule has 8 aromatic rings. The minimum Gasteiger partial charge on any atom is -0.491 e. The number of carbonyl (C=O) groups is 2. The summed E-state index contributed by atoms with van der Waals surface area (Å²) in [6.45, 7) is 38.1. The Bertz CT molecular complexity index is 4630. The van der Waals surface area contributed by atoms with Gasteiger partial charge in [-0.25, -0.2) is 14.1 Å². The first kappa shape index (κ1) is 86.9. The van der Waals surface area contributed by atoms with Crippen molar-refractivity contribution in [2.75, 3.05) is 63.5 Å². The van der Waals surface area contributed by atoms with E-state index >= 15 is 0 Å². The van der Waals surface area contributed by atoms with Crippen LogP contribution in [0.25, 0.3) is 9.69 Å². The maximum absolute atomic E-state index is 12.8. The van der Waals surface area contributed by atoms with Gasteiger partial charge in [0.1, 0.15) is 90.3 Å². The Labute approximate surface area is 647 Å². The molecule has 0 spiro atoms. The Balaban J connectivity index is 0.000000209. The number of hydrogen-bond donors (Lipinski definition) is 5. The number of aliphatic hydroxyl groups excluding tert-OH is 3. The molecule has 2 amide bonds. The number of benzene rings is 8. The van der Waals surface area contributed by atoms with Gasteiger partial charge in [0.25, 0.3) is 11.4 Å². The highest BCUT2D eigenvalue weighted by Gasteiger charge is 2.35. The molecule has 3 saturated heterocycles. The lowest BCUT2D eigenvalue weighted by molar-refractivity contribution is -0.385. The number of nitrogens with one attached hydrogen (secondary N) is 2. The summed E-state index contributed by atoms with van der Waals surface area (Å²) in [5.41, 5.74) is 8.13. The summed E-state index contributed by atoms with van der Waals surface area (Å²) in [6, 6.07) is 39.6. The molecule has 0 saturated carbocycles. The zero-order chi connectivity index (χ0) is 80.6. The molecule has 0 aromatic heterocycles. The van der Waals surface area contributed by atoms with Gasteiger partial charge in [-0.1, -0.05) is 47.5 Å². The summed E-state index contributed by atoms with van der Waals surface area (Å²) in [5.74, 6) is 1.48. The summed E-state index contributed by atoms with van der Waals surface area (Å²) in [5, 5.41) is 54.5. The molecule has 110 heavy (non-hydrogen) atoms. The van der Waals surface area contributed by atoms with Gasteiger partial charge in [-0.3, -0.25) is 29.8 Å². The van der Waals surface area contributed by atoms with Crippen molar-refractivity contribution in [3.05, 3.63) is 249 Å². The first-order valence-electron chi connectivity index (χ1n) is 34.6. The molecule has 0 aliphatic carbocycles. The van der Waals surface area contributed by atoms with Gasteiger partial charge in [-0.15, -0.1) is 0 Å². The fourth-order valence-electron chi connectivity index (χ4n) is 10.7. The SMILES string of the molecule is CC1(C)OC[C@@H](CO)O1.Cc1cc(F)ccc1[N+](=O)[O-].Cc1cc(OC[C@@H]2COC(C)(C)O2)ccc1[N+](=O)[O-].[C-]#[N+]c1cc(Cl)cc(Oc2cc(CC(=O)Nc3ccc(OC[C@@H](O)CO)cc3C)ccc2C)c1.[C-]#[N+]c1cc(Cl)cc(Oc2cc(CC(=O)Nc3ccc(OC[C@@H]4COC(C)(C)O4)cc3C)ccc2C)c1. The van der Waals surface area contributed by atoms with E-state index in [1.54, 1.807) is 79.7 Å². The van der Waals surface area contributed by atoms with Crippen molar-refractivity contribution in [2.45, 2.75) is 138 Å². The highest BCUT2D eigenvalue weighted by molar-refractivity contribution is 6.31. The number of aliphatic hydroxyl groups is 3. The fourth-order valence-corrected chi connectivity index (χ4v) is 11.2. The van der Waals surface area contributed by atoms with Crippen LogP contribution in [0.15, 0.2) is 146 Å². The predicted molar refractivity (Wildman–Crippen MR) is 412 cm³/mol. The standard InChI is InChI=1S/C29H29ClN2O5.C26H25ClN2O5.C13H17NO5.C7H6FNO2.C6H12O3/c1-18-6-7-20(11-27(18)36-24-14-21(30)13-22(15-24)31-5)12-28(33)32-26-9-8-23(10-19(26)2)34-16-25-17-35-29(3,4)37-25;1-16-4-5-18(9-25(16)34-23-12-19(27)11-20(13-23)28-3)10-26(32)29-24-7-6-22(8-17(24)2)33-15-21(31)14-30;1-9-6-10(4-5-12(9)14(15)16)17-7-11-8-18-13(2,3)19-11;1-5-4-6(8)2-3-7(5)9(10)11;1-6(2)8-4-5(3-7)9-6/h6-11,13-15,25H,12,16-17H2,1-4H3,(H,32,33);4-9,11-13,21,30-31H,10,14-15H2,1-2H3,(H,29,32);4-6,11H,7-8H2,1-3H3;2-4H,1H3;5,7H,3-4H2,1-2H3/t25-;21-;11-;;5-/m101.1/s1. The number of nitro groups is 2. The summed E-state index contributed by atoms with van der Waals surface area (Å²) in [4.78, 5) is 52.2. The topological polar surface area (TPSA) is 315 Å². The number of nitro benzene ring substituents is 2. The van der Waals surface area contributed by atoms with Crippen molar-refractivity contribution >= 4 is 69.1 Å². The van der Waals surface area contributed by atoms with Crippen LogP contribution in [0.3, 0.4) is 0 Å². The van der Waals surface area contributed by atoms with Gasteiger partial charge in [0, 0.05) is 44.7 Å². The number of amides is 2. The van der Waals surface area contributed by atoms with Gasteiger partial charge in [-0.2, -0.15) is 0 Å². The predicted octanol–water partition coefficient (Wildman–Crippen LogP) is 16.8. The van der Waals surface area contributed by atoms with E-state index in [0.29, 0.717) is 117 Å². The molecule has 0 radical (unpaired) electrons. The average molecular weight is 1560 g/mol. The maximum atomic E-state index is 12.8. The second-order valence-corrected chi connectivity index (χ2v) is 27.9. The van der Waals surface area contributed by atoms with E-state index in [2.05, 4.69) is 20.3 Å². The van der Waals surface area contributed by atoms with Gasteiger partial charge >= 0.3 is 0 Å². The van der Waals surface area contributed by atoms with Gasteiger partial charge in [0.05, 0.1) is 68.9 Å². The fraction of sp³-hybridized carbons (Fsp3) is 0.358. The quantitative estimate of drug-likeness (QED) is 0.0226. The minimum absolute atomic E-state index is 0.0200. The first-order valence-corrected chi connectivity index (χ1v) is 35.4. The van der Waals surface area contributed by atoms with E-state index in [1.165, 1.54) is 13.0 Å². The van der Waals surface area contributed by atoms with Crippen molar-refractivity contribution < 1.29 is 91.3 Å². The number of halogens is 3. The van der Waals surface area contributed by atoms with Crippen molar-refractivity contribution in [3.8, 4) is 40.2 Å². The summed E-state index contributed by atoms with van der Waals surface area (Å²) < 4.78 is 73.9. The lowest BCUT2D eigenvalue weighted by Gasteiger charge is -2.17. The third-order valence-electron chi connectivity index (χ3n) is 16.3. The van der Waals surface area contributed by atoms with Crippen LogP contribution in [0, 0.1) is 80.7 Å². The van der Waals surface area contributed by atoms with Crippen LogP contribution in [0.4, 0.5) is 38.5 Å². The second-order valence-electron chi connectivity index (χ2n) is 27.0. The van der Waals surface area contributed by atoms with Crippen LogP contribution in [0.5, 0.6) is 40.2 Å². The Kier molecular flexibility index (Phi) is 31.9. The molecular weight excluding hydrogens is 1470 g/mol. The van der Waals surface area contributed by atoms with E-state index in [1.807, 2.05) is 118 Å². The third-order valence-corrected chi connectivity index (χ3v) is 16.7. The second kappa shape index (κ2) is 40.4. The highest BCUT2D eigenvalue weighted by atomic mass is 35.5. The largest absolute Gasteiger partial charge is 0.491 e. The van der Waals surface area contributed by atoms with Crippen LogP contribution in [0.2, 0.25) is 10.0 Å². The molecule has 5 N–H and O–H groups in total. The van der Waals surface area contributed by atoms with Crippen molar-refractivity contribution in [1.29, 1.82) is 0 Å². The van der Waals surface area contributed by atoms with E-state index in [0.717, 1.165) is 51.6 Å². The number of carbonyl (C=O) groups excluding carboxylic acids is 2. The van der Waals surface area contributed by atoms with E-state index in [4.69, 9.17) is 98.7 Å². The average Bonchev–Trinajstić information content (AvgIpc) is 1.25. The summed E-state index contributed by atoms with van der Waals surface area (Å²) >= 11 is 12.2. The zero-order valence-corrected chi connectivity index (χ0v) is 64.5. The molecule has 29 heteroatoms. The number of hydrogen-bond acceptors (Lipinski definition) is 20. The van der Waals surface area contributed by atoms with Crippen molar-refractivity contribution in [2.24, 2.45) is 0 Å². The van der Waals surface area contributed by atoms with Crippen LogP contribution < -0.4 is 34.3 Å². The number of aryl methyl sites for hydroxylation is 6. The van der Waals surface area contributed by atoms with E-state index in [-0.39, 0.29) is 74.2 Å². The van der Waals surface area contributed by atoms with Gasteiger partial charge in [-0.05, 0) is 226 Å². The van der Waals surface area contributed by atoms with Gasteiger partial charge in [0.15, 0.2) is 28.7 Å². The number of nitrogens with zero attached hydrogens (tertiary/aromatic N) is 4. The minimum atomic E-state index is -0.948. The molecule has 0 unspecified atom stereocenters. The van der Waals surface area contributed by atoms with E-state index in [9.17, 15) is 39.3 Å². The number of rotatable bonds is 23. The molecule has 3 aliphatic heterocycles. The maximum Gasteiger partial charge on any atom is 0.272 e. The van der Waals surface area contributed by atoms with Crippen LogP contribution in [-0.4, -0.2) is 132 Å². The number of anilines is 2. The van der Waals surface area contributed by atoms with Gasteiger partial charge < -0.3 is 78.1 Å². The van der Waals surface area contributed by atoms with Gasteiger partial charge in [0.2, 0.25) is 11.8 Å². The van der Waals surface area contributed by atoms with E-state index < -0.39 is 39.1 Å². The lowest BCUT2D eigenvalue weighted by atomic mass is 10.1. The molecular formula is C81H89Cl2FN6O20. The Morgan fingerprint density at radius 3 is 1.27 bits per heavy atom. The Hall–Kier alpha value is -10.4. The first-order chi connectivity index (χ1) is 52.0. The smallest absolute Gasteiger partial charge is 0.272 e. The molecule has 3 fully saturated rings. The van der Waals surface area contributed by atoms with Crippen LogP contribution >= 0.6 is 23.2 Å². The molecule has 584 valence electrons. The van der Waals surface area contributed by atoms with Crippen molar-refractivity contribution in [1.82, 2.24) is 0 Å². The van der Waals surface area contributed by atoms with Crippen LogP contribution in [-0.2, 0) is 50.9 Å². The lowest BCUT2D eigenvalue weighted by Crippen LogP contribution is -2.25. The summed E-state index contributed by atoms with van der Waals surface area (Å²) in [7, 11) is 0. The molecule has 11 rings (SSSR count). The molecule has 8 aromatic carbocycles. The molecule has 3 heterocycles. The number of ether oxygens (including phenoxy) is 11. The molecule has 3 aliphatic rings. The van der Waals surface area contributed by atoms with Crippen molar-refractivity contribution in [3.63, 3.8) is 0 Å². The normalized spacial score (nSPS) is 16.3. The molecule has 26 nitrogen and oxygen atoms in total. The third kappa shape index (κ3) is 28.3. The summed E-state index contributed by atoms with van der Waals surface area (Å²) in [6.07, 6.45) is -1.000.